The van der Waals surface area contributed by atoms with Crippen molar-refractivity contribution < 1.29 is 9.53 Å². The van der Waals surface area contributed by atoms with Crippen molar-refractivity contribution in [2.45, 2.75) is 46.1 Å². The van der Waals surface area contributed by atoms with Gasteiger partial charge in [-0.25, -0.2) is 0 Å². The Hall–Kier alpha value is -0.610. The highest BCUT2D eigenvalue weighted by Gasteiger charge is 2.40. The quantitative estimate of drug-likeness (QED) is 0.568. The van der Waals surface area contributed by atoms with Gasteiger partial charge in [-0.2, -0.15) is 0 Å². The van der Waals surface area contributed by atoms with Gasteiger partial charge < -0.3 is 9.64 Å². The van der Waals surface area contributed by atoms with Crippen molar-refractivity contribution >= 4 is 5.97 Å². The molecule has 1 rings (SSSR count). The Balaban J connectivity index is 2.44. The second-order valence-corrected chi connectivity index (χ2v) is 5.31. The number of methoxy groups -OCH3 is 1. The number of ether oxygens (including phenoxy) is 1. The number of hydrogen-bond donors (Lipinski definition) is 0. The smallest absolute Gasteiger partial charge is 0.323 e. The van der Waals surface area contributed by atoms with Crippen LogP contribution in [0.25, 0.3) is 0 Å². The van der Waals surface area contributed by atoms with E-state index in [4.69, 9.17) is 4.74 Å². The Labute approximate surface area is 118 Å². The van der Waals surface area contributed by atoms with Crippen molar-refractivity contribution in [3.63, 3.8) is 0 Å². The van der Waals surface area contributed by atoms with Gasteiger partial charge >= 0.3 is 5.97 Å². The molecule has 0 heterocycles. The molecule has 0 amide bonds. The standard InChI is InChI=1S/C15H30N2O2/c1-5-16(6-2)11-8-12-17(7-3)14(13-9-10-13)15(18)19-4/h13-14H,5-12H2,1-4H3. The van der Waals surface area contributed by atoms with Crippen molar-refractivity contribution in [2.24, 2.45) is 5.92 Å². The van der Waals surface area contributed by atoms with E-state index in [9.17, 15) is 4.79 Å². The Morgan fingerprint density at radius 3 is 2.21 bits per heavy atom. The highest BCUT2D eigenvalue weighted by atomic mass is 16.5. The number of rotatable bonds is 10. The van der Waals surface area contributed by atoms with Crippen molar-refractivity contribution in [1.29, 1.82) is 0 Å². The van der Waals surface area contributed by atoms with E-state index in [1.54, 1.807) is 0 Å². The first-order chi connectivity index (χ1) is 9.17. The average molecular weight is 270 g/mol. The molecule has 1 atom stereocenters. The molecule has 112 valence electrons. The van der Waals surface area contributed by atoms with Gasteiger partial charge in [-0.15, -0.1) is 0 Å². The maximum Gasteiger partial charge on any atom is 0.323 e. The summed E-state index contributed by atoms with van der Waals surface area (Å²) in [6, 6.07) is -0.00768. The monoisotopic (exact) mass is 270 g/mol. The van der Waals surface area contributed by atoms with E-state index in [0.29, 0.717) is 5.92 Å². The van der Waals surface area contributed by atoms with E-state index in [-0.39, 0.29) is 12.0 Å². The normalized spacial score (nSPS) is 16.9. The van der Waals surface area contributed by atoms with Crippen molar-refractivity contribution in [3.05, 3.63) is 0 Å². The lowest BCUT2D eigenvalue weighted by molar-refractivity contribution is -0.147. The highest BCUT2D eigenvalue weighted by molar-refractivity contribution is 5.76. The summed E-state index contributed by atoms with van der Waals surface area (Å²) in [5, 5.41) is 0. The number of hydrogen-bond acceptors (Lipinski definition) is 4. The van der Waals surface area contributed by atoms with E-state index < -0.39 is 0 Å². The summed E-state index contributed by atoms with van der Waals surface area (Å²) in [6.07, 6.45) is 3.47. The van der Waals surface area contributed by atoms with Crippen molar-refractivity contribution in [1.82, 2.24) is 9.80 Å². The highest BCUT2D eigenvalue weighted by Crippen LogP contribution is 2.36. The molecule has 1 saturated carbocycles. The SMILES string of the molecule is CCN(CC)CCCN(CC)C(C(=O)OC)C1CC1. The Morgan fingerprint density at radius 1 is 1.16 bits per heavy atom. The molecule has 0 N–H and O–H groups in total. The first kappa shape index (κ1) is 16.4. The number of esters is 1. The second-order valence-electron chi connectivity index (χ2n) is 5.31. The molecular weight excluding hydrogens is 240 g/mol. The Kier molecular flexibility index (Phi) is 7.39. The molecule has 0 aromatic rings. The molecule has 0 aliphatic heterocycles. The lowest BCUT2D eigenvalue weighted by Crippen LogP contribution is -2.44. The van der Waals surface area contributed by atoms with Crippen LogP contribution in [0.4, 0.5) is 0 Å². The molecule has 4 nitrogen and oxygen atoms in total. The number of nitrogens with zero attached hydrogens (tertiary/aromatic N) is 2. The third kappa shape index (κ3) is 5.11. The fourth-order valence-corrected chi connectivity index (χ4v) is 2.70. The molecule has 4 heteroatoms. The number of carbonyl (C=O) groups excluding carboxylic acids is 1. The molecule has 19 heavy (non-hydrogen) atoms. The van der Waals surface area contributed by atoms with Gasteiger partial charge in [-0.05, 0) is 51.4 Å². The zero-order valence-corrected chi connectivity index (χ0v) is 13.0. The Bertz CT molecular complexity index is 263. The lowest BCUT2D eigenvalue weighted by atomic mass is 10.1. The Morgan fingerprint density at radius 2 is 1.79 bits per heavy atom. The van der Waals surface area contributed by atoms with Crippen LogP contribution < -0.4 is 0 Å². The summed E-state index contributed by atoms with van der Waals surface area (Å²) in [7, 11) is 1.50. The van der Waals surface area contributed by atoms with Gasteiger partial charge in [0.05, 0.1) is 7.11 Å². The van der Waals surface area contributed by atoms with Crippen molar-refractivity contribution in [2.75, 3.05) is 39.8 Å². The minimum Gasteiger partial charge on any atom is -0.468 e. The number of likely N-dealkylation sites (N-methyl/N-ethyl adjacent to an activating group) is 1. The van der Waals surface area contributed by atoms with Crippen LogP contribution in [-0.2, 0) is 9.53 Å². The third-order valence-electron chi connectivity index (χ3n) is 4.12. The summed E-state index contributed by atoms with van der Waals surface area (Å²) in [5.74, 6) is 0.480. The largest absolute Gasteiger partial charge is 0.468 e. The van der Waals surface area contributed by atoms with E-state index >= 15 is 0 Å². The predicted octanol–water partition coefficient (Wildman–Crippen LogP) is 1.99. The fraction of sp³-hybridized carbons (Fsp3) is 0.933. The average Bonchev–Trinajstić information content (AvgIpc) is 3.26. The molecular formula is C15H30N2O2. The van der Waals surface area contributed by atoms with Crippen LogP contribution in [-0.4, -0.2) is 61.6 Å². The number of carbonyl (C=O) groups is 1. The molecule has 0 saturated heterocycles. The summed E-state index contributed by atoms with van der Waals surface area (Å²) in [4.78, 5) is 16.7. The van der Waals surface area contributed by atoms with Gasteiger partial charge in [0.1, 0.15) is 6.04 Å². The first-order valence-corrected chi connectivity index (χ1v) is 7.72. The lowest BCUT2D eigenvalue weighted by Gasteiger charge is -2.29. The summed E-state index contributed by atoms with van der Waals surface area (Å²) in [5.41, 5.74) is 0. The summed E-state index contributed by atoms with van der Waals surface area (Å²) < 4.78 is 4.98. The van der Waals surface area contributed by atoms with Crippen molar-refractivity contribution in [3.8, 4) is 0 Å². The molecule has 0 spiro atoms. The van der Waals surface area contributed by atoms with Crippen LogP contribution in [0.3, 0.4) is 0 Å². The van der Waals surface area contributed by atoms with Gasteiger partial charge in [0.15, 0.2) is 0 Å². The molecule has 0 aromatic carbocycles. The maximum atomic E-state index is 11.9. The summed E-state index contributed by atoms with van der Waals surface area (Å²) >= 11 is 0. The van der Waals surface area contributed by atoms with Crippen LogP contribution in [0.15, 0.2) is 0 Å². The second kappa shape index (κ2) is 8.54. The zero-order valence-electron chi connectivity index (χ0n) is 13.0. The van der Waals surface area contributed by atoms with Crippen LogP contribution in [0, 0.1) is 5.92 Å². The molecule has 0 radical (unpaired) electrons. The zero-order chi connectivity index (χ0) is 14.3. The maximum absolute atomic E-state index is 11.9. The van der Waals surface area contributed by atoms with E-state index in [1.165, 1.54) is 20.0 Å². The van der Waals surface area contributed by atoms with E-state index in [1.807, 2.05) is 0 Å². The molecule has 1 aliphatic carbocycles. The first-order valence-electron chi connectivity index (χ1n) is 7.72. The van der Waals surface area contributed by atoms with Crippen LogP contribution in [0.1, 0.15) is 40.0 Å². The van der Waals surface area contributed by atoms with Crippen LogP contribution in [0.5, 0.6) is 0 Å². The van der Waals surface area contributed by atoms with Crippen LogP contribution in [0.2, 0.25) is 0 Å². The molecule has 1 fully saturated rings. The van der Waals surface area contributed by atoms with Gasteiger partial charge in [0, 0.05) is 6.54 Å². The van der Waals surface area contributed by atoms with Crippen LogP contribution >= 0.6 is 0 Å². The minimum atomic E-state index is -0.0489. The van der Waals surface area contributed by atoms with E-state index in [0.717, 1.165) is 39.1 Å². The molecule has 1 unspecified atom stereocenters. The molecule has 0 bridgehead atoms. The van der Waals surface area contributed by atoms with Gasteiger partial charge in [0.2, 0.25) is 0 Å². The molecule has 0 aromatic heterocycles. The fourth-order valence-electron chi connectivity index (χ4n) is 2.70. The van der Waals surface area contributed by atoms with E-state index in [2.05, 4.69) is 30.6 Å². The van der Waals surface area contributed by atoms with Gasteiger partial charge in [-0.3, -0.25) is 9.69 Å². The molecule has 1 aliphatic rings. The summed E-state index contributed by atoms with van der Waals surface area (Å²) in [6.45, 7) is 11.8. The third-order valence-corrected chi connectivity index (χ3v) is 4.12. The van der Waals surface area contributed by atoms with Gasteiger partial charge in [0.25, 0.3) is 0 Å². The topological polar surface area (TPSA) is 32.8 Å². The van der Waals surface area contributed by atoms with Gasteiger partial charge in [-0.1, -0.05) is 20.8 Å². The minimum absolute atomic E-state index is 0.00768. The predicted molar refractivity (Wildman–Crippen MR) is 78.2 cm³/mol.